The highest BCUT2D eigenvalue weighted by Crippen LogP contribution is 2.08. The van der Waals surface area contributed by atoms with Crippen molar-refractivity contribution in [2.24, 2.45) is 0 Å². The lowest BCUT2D eigenvalue weighted by atomic mass is 10.2. The van der Waals surface area contributed by atoms with Gasteiger partial charge in [-0.25, -0.2) is 0 Å². The zero-order valence-corrected chi connectivity index (χ0v) is 11.6. The zero-order valence-electron chi connectivity index (χ0n) is 10.6. The third-order valence-corrected chi connectivity index (χ3v) is 2.68. The summed E-state index contributed by atoms with van der Waals surface area (Å²) in [4.78, 5) is 0. The topological polar surface area (TPSA) is 18.5 Å². The minimum absolute atomic E-state index is 0.000363. The molecule has 0 aliphatic heterocycles. The van der Waals surface area contributed by atoms with Crippen molar-refractivity contribution in [3.05, 3.63) is 0 Å². The highest BCUT2D eigenvalue weighted by molar-refractivity contribution is 6.69. The summed E-state index contributed by atoms with van der Waals surface area (Å²) in [6.45, 7) is 14.7. The first-order valence-electron chi connectivity index (χ1n) is 5.49. The molecule has 0 spiro atoms. The Balaban J connectivity index is 3.23. The van der Waals surface area contributed by atoms with Crippen molar-refractivity contribution in [3.63, 3.8) is 0 Å². The minimum atomic E-state index is -1.29. The van der Waals surface area contributed by atoms with Crippen LogP contribution in [0.3, 0.4) is 0 Å². The van der Waals surface area contributed by atoms with Crippen molar-refractivity contribution in [1.29, 1.82) is 0 Å². The predicted octanol–water partition coefficient (Wildman–Crippen LogP) is 3.43. The van der Waals surface area contributed by atoms with Crippen LogP contribution < -0.4 is 0 Å². The van der Waals surface area contributed by atoms with E-state index in [0.717, 1.165) is 26.1 Å². The molecule has 86 valence electrons. The number of ether oxygens (including phenoxy) is 1. The van der Waals surface area contributed by atoms with Crippen LogP contribution >= 0.6 is 0 Å². The molecule has 0 fully saturated rings. The van der Waals surface area contributed by atoms with Gasteiger partial charge in [0.15, 0.2) is 8.32 Å². The molecule has 0 N–H and O–H groups in total. The summed E-state index contributed by atoms with van der Waals surface area (Å²) >= 11 is 0. The van der Waals surface area contributed by atoms with E-state index in [-0.39, 0.29) is 5.60 Å². The number of hydrogen-bond acceptors (Lipinski definition) is 2. The normalized spacial score (nSPS) is 13.3. The van der Waals surface area contributed by atoms with Crippen molar-refractivity contribution in [2.45, 2.75) is 58.9 Å². The molecule has 0 unspecified atom stereocenters. The monoisotopic (exact) mass is 218 g/mol. The standard InChI is InChI=1S/C11H26O2Si/c1-11(2,3)12-9-7-8-10-13-14(4,5)6/h7-10H2,1-6H3. The first-order chi connectivity index (χ1) is 6.21. The van der Waals surface area contributed by atoms with Crippen LogP contribution in [-0.2, 0) is 9.16 Å². The molecule has 0 amide bonds. The van der Waals surface area contributed by atoms with Crippen molar-refractivity contribution in [2.75, 3.05) is 13.2 Å². The van der Waals surface area contributed by atoms with Gasteiger partial charge >= 0.3 is 0 Å². The maximum Gasteiger partial charge on any atom is 0.183 e. The Bertz CT molecular complexity index is 126. The van der Waals surface area contributed by atoms with Gasteiger partial charge < -0.3 is 9.16 Å². The Morgan fingerprint density at radius 2 is 1.43 bits per heavy atom. The van der Waals surface area contributed by atoms with E-state index in [2.05, 4.69) is 40.4 Å². The second kappa shape index (κ2) is 5.88. The molecule has 0 rings (SSSR count). The van der Waals surface area contributed by atoms with E-state index >= 15 is 0 Å². The van der Waals surface area contributed by atoms with E-state index in [9.17, 15) is 0 Å². The average Bonchev–Trinajstić information content (AvgIpc) is 1.92. The Morgan fingerprint density at radius 1 is 0.929 bits per heavy atom. The minimum Gasteiger partial charge on any atom is -0.418 e. The fourth-order valence-corrected chi connectivity index (χ4v) is 1.72. The summed E-state index contributed by atoms with van der Waals surface area (Å²) in [5.74, 6) is 0. The van der Waals surface area contributed by atoms with Gasteiger partial charge in [-0.15, -0.1) is 0 Å². The van der Waals surface area contributed by atoms with E-state index in [1.54, 1.807) is 0 Å². The Labute approximate surface area is 90.1 Å². The van der Waals surface area contributed by atoms with Gasteiger partial charge in [0.05, 0.1) is 5.60 Å². The molecule has 0 saturated carbocycles. The molecule has 0 heterocycles. The summed E-state index contributed by atoms with van der Waals surface area (Å²) in [5.41, 5.74) is -0.000363. The van der Waals surface area contributed by atoms with Crippen molar-refractivity contribution < 1.29 is 9.16 Å². The number of hydrogen-bond donors (Lipinski definition) is 0. The first-order valence-corrected chi connectivity index (χ1v) is 8.89. The van der Waals surface area contributed by atoms with E-state index < -0.39 is 8.32 Å². The molecule has 0 aromatic carbocycles. The summed E-state index contributed by atoms with van der Waals surface area (Å²) in [6.07, 6.45) is 2.21. The fraction of sp³-hybridized carbons (Fsp3) is 1.00. The molecule has 0 aromatic rings. The van der Waals surface area contributed by atoms with Crippen LogP contribution in [0, 0.1) is 0 Å². The predicted molar refractivity (Wildman–Crippen MR) is 64.2 cm³/mol. The van der Waals surface area contributed by atoms with Crippen molar-refractivity contribution in [3.8, 4) is 0 Å². The highest BCUT2D eigenvalue weighted by atomic mass is 28.4. The first kappa shape index (κ1) is 14.1. The van der Waals surface area contributed by atoms with Gasteiger partial charge in [-0.3, -0.25) is 0 Å². The molecule has 0 bridgehead atoms. The van der Waals surface area contributed by atoms with Gasteiger partial charge in [0.1, 0.15) is 0 Å². The van der Waals surface area contributed by atoms with Gasteiger partial charge in [-0.2, -0.15) is 0 Å². The highest BCUT2D eigenvalue weighted by Gasteiger charge is 2.13. The Morgan fingerprint density at radius 3 is 1.86 bits per heavy atom. The van der Waals surface area contributed by atoms with Gasteiger partial charge in [-0.05, 0) is 53.3 Å². The molecule has 2 nitrogen and oxygen atoms in total. The van der Waals surface area contributed by atoms with Crippen LogP contribution in [0.4, 0.5) is 0 Å². The van der Waals surface area contributed by atoms with Crippen molar-refractivity contribution >= 4 is 8.32 Å². The van der Waals surface area contributed by atoms with Gasteiger partial charge in [0.25, 0.3) is 0 Å². The SMILES string of the molecule is CC(C)(C)OCCCCO[Si](C)(C)C. The molecule has 0 radical (unpaired) electrons. The smallest absolute Gasteiger partial charge is 0.183 e. The second-order valence-corrected chi connectivity index (χ2v) is 10.1. The number of rotatable bonds is 6. The third-order valence-electron chi connectivity index (χ3n) is 1.61. The van der Waals surface area contributed by atoms with E-state index in [1.807, 2.05) is 0 Å². The molecular weight excluding hydrogens is 192 g/mol. The second-order valence-electron chi connectivity index (χ2n) is 5.63. The van der Waals surface area contributed by atoms with Crippen LogP contribution in [0.2, 0.25) is 19.6 Å². The lowest BCUT2D eigenvalue weighted by Crippen LogP contribution is -2.26. The average molecular weight is 218 g/mol. The largest absolute Gasteiger partial charge is 0.418 e. The maximum atomic E-state index is 5.74. The summed E-state index contributed by atoms with van der Waals surface area (Å²) in [6, 6.07) is 0. The molecular formula is C11H26O2Si. The summed E-state index contributed by atoms with van der Waals surface area (Å²) in [7, 11) is -1.29. The van der Waals surface area contributed by atoms with E-state index in [1.165, 1.54) is 0 Å². The molecule has 0 atom stereocenters. The Hall–Kier alpha value is 0.137. The lowest BCUT2D eigenvalue weighted by Gasteiger charge is -2.20. The molecule has 0 aliphatic rings. The fourth-order valence-electron chi connectivity index (χ4n) is 0.961. The van der Waals surface area contributed by atoms with Crippen molar-refractivity contribution in [1.82, 2.24) is 0 Å². The molecule has 0 aliphatic carbocycles. The third kappa shape index (κ3) is 12.1. The van der Waals surface area contributed by atoms with E-state index in [0.29, 0.717) is 0 Å². The molecule has 0 saturated heterocycles. The van der Waals surface area contributed by atoms with Crippen LogP contribution in [-0.4, -0.2) is 27.1 Å². The van der Waals surface area contributed by atoms with Crippen LogP contribution in [0.5, 0.6) is 0 Å². The summed E-state index contributed by atoms with van der Waals surface area (Å²) in [5, 5.41) is 0. The maximum absolute atomic E-state index is 5.74. The zero-order chi connectivity index (χ0) is 11.2. The van der Waals surface area contributed by atoms with Gasteiger partial charge in [-0.1, -0.05) is 0 Å². The number of unbranched alkanes of at least 4 members (excludes halogenated alkanes) is 1. The van der Waals surface area contributed by atoms with Crippen LogP contribution in [0.25, 0.3) is 0 Å². The summed E-state index contributed by atoms with van der Waals surface area (Å²) < 4.78 is 11.4. The lowest BCUT2D eigenvalue weighted by molar-refractivity contribution is -0.00562. The van der Waals surface area contributed by atoms with Gasteiger partial charge in [0, 0.05) is 13.2 Å². The quantitative estimate of drug-likeness (QED) is 0.502. The molecule has 0 aromatic heterocycles. The van der Waals surface area contributed by atoms with E-state index in [4.69, 9.17) is 9.16 Å². The Kier molecular flexibility index (Phi) is 5.94. The van der Waals surface area contributed by atoms with Crippen LogP contribution in [0.15, 0.2) is 0 Å². The van der Waals surface area contributed by atoms with Crippen LogP contribution in [0.1, 0.15) is 33.6 Å². The molecule has 14 heavy (non-hydrogen) atoms. The van der Waals surface area contributed by atoms with Gasteiger partial charge in [0.2, 0.25) is 0 Å². The molecule has 3 heteroatoms.